The quantitative estimate of drug-likeness (QED) is 0.739. The lowest BCUT2D eigenvalue weighted by atomic mass is 10.1. The van der Waals surface area contributed by atoms with Crippen molar-refractivity contribution in [3.8, 4) is 0 Å². The van der Waals surface area contributed by atoms with Crippen molar-refractivity contribution in [2.75, 3.05) is 11.4 Å². The van der Waals surface area contributed by atoms with E-state index in [0.717, 1.165) is 31.5 Å². The number of benzene rings is 1. The predicted octanol–water partition coefficient (Wildman–Crippen LogP) is 2.77. The molecule has 2 nitrogen and oxygen atoms in total. The molecule has 2 heteroatoms. The lowest BCUT2D eigenvalue weighted by molar-refractivity contribution is -0.117. The second-order valence-electron chi connectivity index (χ2n) is 4.07. The molecule has 1 aliphatic rings. The van der Waals surface area contributed by atoms with Crippen molar-refractivity contribution in [3.63, 3.8) is 0 Å². The van der Waals surface area contributed by atoms with Crippen LogP contribution in [0.4, 0.5) is 5.69 Å². The third-order valence-electron chi connectivity index (χ3n) is 2.83. The van der Waals surface area contributed by atoms with Gasteiger partial charge in [0.1, 0.15) is 0 Å². The van der Waals surface area contributed by atoms with Gasteiger partial charge >= 0.3 is 0 Å². The highest BCUT2D eigenvalue weighted by Crippen LogP contribution is 2.22. The molecule has 0 spiro atoms. The molecular formula is C13H17NO. The standard InChI is InChI=1S/C13H17NO/c1-2-5-11-6-3-7-12(10-11)14-9-4-8-13(14)15/h3,6-7,10H,2,4-5,8-9H2,1H3. The maximum absolute atomic E-state index is 11.6. The van der Waals surface area contributed by atoms with Crippen LogP contribution in [-0.2, 0) is 11.2 Å². The van der Waals surface area contributed by atoms with E-state index in [1.807, 2.05) is 17.0 Å². The van der Waals surface area contributed by atoms with Crippen LogP contribution < -0.4 is 4.90 Å². The molecule has 1 fully saturated rings. The maximum Gasteiger partial charge on any atom is 0.227 e. The molecule has 0 bridgehead atoms. The smallest absolute Gasteiger partial charge is 0.227 e. The van der Waals surface area contributed by atoms with Crippen molar-refractivity contribution in [3.05, 3.63) is 29.8 Å². The zero-order valence-corrected chi connectivity index (χ0v) is 9.20. The zero-order valence-electron chi connectivity index (χ0n) is 9.20. The SMILES string of the molecule is CCCc1cccc(N2CCCC2=O)c1. The second-order valence-corrected chi connectivity index (χ2v) is 4.07. The minimum Gasteiger partial charge on any atom is -0.312 e. The van der Waals surface area contributed by atoms with Crippen LogP contribution in [0.3, 0.4) is 0 Å². The number of carbonyl (C=O) groups excluding carboxylic acids is 1. The fourth-order valence-electron chi connectivity index (χ4n) is 2.09. The minimum atomic E-state index is 0.267. The summed E-state index contributed by atoms with van der Waals surface area (Å²) < 4.78 is 0. The van der Waals surface area contributed by atoms with Crippen molar-refractivity contribution < 1.29 is 4.79 Å². The van der Waals surface area contributed by atoms with Crippen LogP contribution in [0.25, 0.3) is 0 Å². The van der Waals surface area contributed by atoms with E-state index in [-0.39, 0.29) is 5.91 Å². The van der Waals surface area contributed by atoms with Crippen molar-refractivity contribution in [2.24, 2.45) is 0 Å². The summed E-state index contributed by atoms with van der Waals surface area (Å²) in [5.74, 6) is 0.267. The highest BCUT2D eigenvalue weighted by atomic mass is 16.2. The van der Waals surface area contributed by atoms with E-state index in [4.69, 9.17) is 0 Å². The molecule has 0 saturated carbocycles. The number of anilines is 1. The monoisotopic (exact) mass is 203 g/mol. The molecule has 0 aromatic heterocycles. The van der Waals surface area contributed by atoms with Crippen molar-refractivity contribution in [2.45, 2.75) is 32.6 Å². The Bertz CT molecular complexity index is 359. The Kier molecular flexibility index (Phi) is 3.05. The van der Waals surface area contributed by atoms with Gasteiger partial charge in [-0.25, -0.2) is 0 Å². The van der Waals surface area contributed by atoms with Gasteiger partial charge in [-0.3, -0.25) is 4.79 Å². The molecule has 15 heavy (non-hydrogen) atoms. The van der Waals surface area contributed by atoms with Crippen LogP contribution in [0.2, 0.25) is 0 Å². The van der Waals surface area contributed by atoms with E-state index in [2.05, 4.69) is 19.1 Å². The Morgan fingerprint density at radius 1 is 1.40 bits per heavy atom. The molecule has 2 rings (SSSR count). The van der Waals surface area contributed by atoms with Crippen molar-refractivity contribution in [1.82, 2.24) is 0 Å². The third-order valence-corrected chi connectivity index (χ3v) is 2.83. The van der Waals surface area contributed by atoms with Crippen molar-refractivity contribution >= 4 is 11.6 Å². The van der Waals surface area contributed by atoms with Gasteiger partial charge in [-0.1, -0.05) is 25.5 Å². The number of hydrogen-bond acceptors (Lipinski definition) is 1. The summed E-state index contributed by atoms with van der Waals surface area (Å²) >= 11 is 0. The third kappa shape index (κ3) is 2.20. The lowest BCUT2D eigenvalue weighted by Crippen LogP contribution is -2.23. The molecule has 1 heterocycles. The normalized spacial score (nSPS) is 16.1. The molecule has 80 valence electrons. The second kappa shape index (κ2) is 4.47. The summed E-state index contributed by atoms with van der Waals surface area (Å²) in [4.78, 5) is 13.5. The van der Waals surface area contributed by atoms with Gasteiger partial charge in [-0.05, 0) is 30.5 Å². The summed E-state index contributed by atoms with van der Waals surface area (Å²) in [5.41, 5.74) is 2.40. The van der Waals surface area contributed by atoms with E-state index < -0.39 is 0 Å². The van der Waals surface area contributed by atoms with Crippen LogP contribution in [0.15, 0.2) is 24.3 Å². The van der Waals surface area contributed by atoms with Gasteiger partial charge in [0.25, 0.3) is 0 Å². The topological polar surface area (TPSA) is 20.3 Å². The molecule has 1 saturated heterocycles. The molecule has 0 aliphatic carbocycles. The number of amides is 1. The van der Waals surface area contributed by atoms with Crippen LogP contribution in [0.1, 0.15) is 31.7 Å². The summed E-state index contributed by atoms with van der Waals surface area (Å²) in [7, 11) is 0. The van der Waals surface area contributed by atoms with Gasteiger partial charge in [0, 0.05) is 18.7 Å². The summed E-state index contributed by atoms with van der Waals surface area (Å²) in [6, 6.07) is 8.36. The molecular weight excluding hydrogens is 186 g/mol. The number of rotatable bonds is 3. The first kappa shape index (κ1) is 10.2. The summed E-state index contributed by atoms with van der Waals surface area (Å²) in [6.07, 6.45) is 3.95. The van der Waals surface area contributed by atoms with E-state index >= 15 is 0 Å². The van der Waals surface area contributed by atoms with E-state index in [9.17, 15) is 4.79 Å². The summed E-state index contributed by atoms with van der Waals surface area (Å²) in [6.45, 7) is 3.06. The van der Waals surface area contributed by atoms with E-state index in [1.54, 1.807) is 0 Å². The molecule has 1 aliphatic heterocycles. The summed E-state index contributed by atoms with van der Waals surface area (Å²) in [5, 5.41) is 0. The average molecular weight is 203 g/mol. The fraction of sp³-hybridized carbons (Fsp3) is 0.462. The van der Waals surface area contributed by atoms with Gasteiger partial charge in [-0.15, -0.1) is 0 Å². The highest BCUT2D eigenvalue weighted by Gasteiger charge is 2.21. The van der Waals surface area contributed by atoms with E-state index in [1.165, 1.54) is 5.56 Å². The number of aryl methyl sites for hydroxylation is 1. The zero-order chi connectivity index (χ0) is 10.7. The van der Waals surface area contributed by atoms with Gasteiger partial charge in [0.15, 0.2) is 0 Å². The highest BCUT2D eigenvalue weighted by molar-refractivity contribution is 5.95. The average Bonchev–Trinajstić information content (AvgIpc) is 2.65. The first-order valence-corrected chi connectivity index (χ1v) is 5.70. The first-order valence-electron chi connectivity index (χ1n) is 5.70. The lowest BCUT2D eigenvalue weighted by Gasteiger charge is -2.16. The Morgan fingerprint density at radius 2 is 2.27 bits per heavy atom. The Morgan fingerprint density at radius 3 is 2.93 bits per heavy atom. The van der Waals surface area contributed by atoms with Gasteiger partial charge in [-0.2, -0.15) is 0 Å². The van der Waals surface area contributed by atoms with E-state index in [0.29, 0.717) is 6.42 Å². The molecule has 1 aromatic carbocycles. The maximum atomic E-state index is 11.6. The van der Waals surface area contributed by atoms with Crippen LogP contribution in [0.5, 0.6) is 0 Å². The number of carbonyl (C=O) groups is 1. The fourth-order valence-corrected chi connectivity index (χ4v) is 2.09. The molecule has 0 unspecified atom stereocenters. The largest absolute Gasteiger partial charge is 0.312 e. The molecule has 1 amide bonds. The number of nitrogens with zero attached hydrogens (tertiary/aromatic N) is 1. The number of hydrogen-bond donors (Lipinski definition) is 0. The van der Waals surface area contributed by atoms with Crippen LogP contribution in [-0.4, -0.2) is 12.5 Å². The van der Waals surface area contributed by atoms with Crippen molar-refractivity contribution in [1.29, 1.82) is 0 Å². The Balaban J connectivity index is 2.20. The molecule has 0 N–H and O–H groups in total. The Hall–Kier alpha value is -1.31. The molecule has 0 atom stereocenters. The first-order chi connectivity index (χ1) is 7.31. The Labute approximate surface area is 90.9 Å². The molecule has 1 aromatic rings. The van der Waals surface area contributed by atoms with Gasteiger partial charge < -0.3 is 4.90 Å². The van der Waals surface area contributed by atoms with Gasteiger partial charge in [0.05, 0.1) is 0 Å². The van der Waals surface area contributed by atoms with Crippen LogP contribution >= 0.6 is 0 Å². The molecule has 0 radical (unpaired) electrons. The minimum absolute atomic E-state index is 0.267. The predicted molar refractivity (Wildman–Crippen MR) is 62.0 cm³/mol. The van der Waals surface area contributed by atoms with Crippen LogP contribution in [0, 0.1) is 0 Å². The van der Waals surface area contributed by atoms with Gasteiger partial charge in [0.2, 0.25) is 5.91 Å².